The van der Waals surface area contributed by atoms with Gasteiger partial charge in [0.1, 0.15) is 5.75 Å². The van der Waals surface area contributed by atoms with E-state index in [4.69, 9.17) is 4.74 Å². The fourth-order valence-electron chi connectivity index (χ4n) is 3.10. The van der Waals surface area contributed by atoms with Crippen molar-refractivity contribution in [3.05, 3.63) is 65.7 Å². The molecule has 0 atom stereocenters. The molecule has 0 heterocycles. The van der Waals surface area contributed by atoms with Crippen molar-refractivity contribution >= 4 is 39.9 Å². The molecule has 0 spiro atoms. The molecule has 0 fully saturated rings. The van der Waals surface area contributed by atoms with E-state index in [1.165, 1.54) is 13.8 Å². The molecule has 0 radical (unpaired) electrons. The Hall–Kier alpha value is -3.87. The van der Waals surface area contributed by atoms with E-state index in [0.29, 0.717) is 23.5 Å². The Balaban J connectivity index is 1.77. The van der Waals surface area contributed by atoms with Crippen LogP contribution in [0.25, 0.3) is 10.8 Å². The molecular weight excluding hydrogens is 382 g/mol. The predicted molar refractivity (Wildman–Crippen MR) is 117 cm³/mol. The number of hydrogen-bond donors (Lipinski definition) is 3. The number of nitrogens with one attached hydrogen (secondary N) is 3. The number of methoxy groups -OCH3 is 1. The standard InChI is InChI=1S/C23H23N3O4/c1-14(27)25-20-9-19(10-21(12-20)26-15(2)28)23(29)24-13-16-4-5-18-11-22(30-3)7-6-17(18)8-16/h4-12H,13H2,1-3H3,(H,24,29)(H,25,27)(H,26,28). The third kappa shape index (κ3) is 5.35. The SMILES string of the molecule is COc1ccc2cc(CNC(=O)c3cc(NC(C)=O)cc(NC(C)=O)c3)ccc2c1. The quantitative estimate of drug-likeness (QED) is 0.583. The maximum atomic E-state index is 12.7. The summed E-state index contributed by atoms with van der Waals surface area (Å²) in [4.78, 5) is 35.4. The van der Waals surface area contributed by atoms with Crippen LogP contribution in [0, 0.1) is 0 Å². The van der Waals surface area contributed by atoms with Gasteiger partial charge in [-0.2, -0.15) is 0 Å². The van der Waals surface area contributed by atoms with Crippen LogP contribution in [-0.4, -0.2) is 24.8 Å². The minimum Gasteiger partial charge on any atom is -0.497 e. The summed E-state index contributed by atoms with van der Waals surface area (Å²) in [5, 5.41) is 10.2. The molecule has 7 nitrogen and oxygen atoms in total. The second-order valence-electron chi connectivity index (χ2n) is 6.89. The zero-order chi connectivity index (χ0) is 21.7. The third-order valence-electron chi connectivity index (χ3n) is 4.40. The summed E-state index contributed by atoms with van der Waals surface area (Å²) in [5.41, 5.74) is 2.13. The summed E-state index contributed by atoms with van der Waals surface area (Å²) in [5.74, 6) is -0.0653. The molecule has 0 aliphatic heterocycles. The number of carbonyl (C=O) groups excluding carboxylic acids is 3. The van der Waals surface area contributed by atoms with Gasteiger partial charge < -0.3 is 20.7 Å². The number of hydrogen-bond acceptors (Lipinski definition) is 4. The number of carbonyl (C=O) groups is 3. The lowest BCUT2D eigenvalue weighted by Gasteiger charge is -2.11. The molecule has 0 unspecified atom stereocenters. The van der Waals surface area contributed by atoms with Crippen molar-refractivity contribution < 1.29 is 19.1 Å². The largest absolute Gasteiger partial charge is 0.497 e. The van der Waals surface area contributed by atoms with Gasteiger partial charge in [0.25, 0.3) is 5.91 Å². The maximum Gasteiger partial charge on any atom is 0.251 e. The molecular formula is C23H23N3O4. The Morgan fingerprint density at radius 1 is 0.800 bits per heavy atom. The Bertz CT molecular complexity index is 1090. The van der Waals surface area contributed by atoms with Crippen molar-refractivity contribution in [1.29, 1.82) is 0 Å². The van der Waals surface area contributed by atoms with Gasteiger partial charge in [-0.25, -0.2) is 0 Å². The summed E-state index contributed by atoms with van der Waals surface area (Å²) in [6.45, 7) is 3.08. The lowest BCUT2D eigenvalue weighted by Crippen LogP contribution is -2.23. The van der Waals surface area contributed by atoms with Crippen molar-refractivity contribution in [2.24, 2.45) is 0 Å². The van der Waals surface area contributed by atoms with Gasteiger partial charge in [0.05, 0.1) is 7.11 Å². The van der Waals surface area contributed by atoms with E-state index in [1.807, 2.05) is 36.4 Å². The third-order valence-corrected chi connectivity index (χ3v) is 4.40. The monoisotopic (exact) mass is 405 g/mol. The van der Waals surface area contributed by atoms with Crippen LogP contribution in [-0.2, 0) is 16.1 Å². The number of rotatable bonds is 6. The van der Waals surface area contributed by atoms with Crippen molar-refractivity contribution in [3.8, 4) is 5.75 Å². The number of anilines is 2. The van der Waals surface area contributed by atoms with Crippen molar-refractivity contribution in [3.63, 3.8) is 0 Å². The fraction of sp³-hybridized carbons (Fsp3) is 0.174. The Morgan fingerprint density at radius 3 is 2.00 bits per heavy atom. The minimum atomic E-state index is -0.316. The highest BCUT2D eigenvalue weighted by molar-refractivity contribution is 6.00. The van der Waals surface area contributed by atoms with Gasteiger partial charge in [-0.3, -0.25) is 14.4 Å². The van der Waals surface area contributed by atoms with Crippen LogP contribution in [0.5, 0.6) is 5.75 Å². The van der Waals surface area contributed by atoms with Crippen LogP contribution >= 0.6 is 0 Å². The molecule has 3 N–H and O–H groups in total. The first-order valence-electron chi connectivity index (χ1n) is 9.39. The van der Waals surface area contributed by atoms with Crippen LogP contribution < -0.4 is 20.7 Å². The molecule has 154 valence electrons. The van der Waals surface area contributed by atoms with Gasteiger partial charge in [-0.1, -0.05) is 18.2 Å². The predicted octanol–water partition coefficient (Wildman–Crippen LogP) is 3.70. The Labute approximate surface area is 174 Å². The molecule has 0 aliphatic carbocycles. The molecule has 3 aromatic rings. The second kappa shape index (κ2) is 9.09. The molecule has 7 heteroatoms. The zero-order valence-electron chi connectivity index (χ0n) is 17.0. The smallest absolute Gasteiger partial charge is 0.251 e. The number of ether oxygens (including phenoxy) is 1. The average Bonchev–Trinajstić information content (AvgIpc) is 2.70. The minimum absolute atomic E-state index is 0.269. The van der Waals surface area contributed by atoms with Crippen LogP contribution in [0.15, 0.2) is 54.6 Å². The first-order valence-corrected chi connectivity index (χ1v) is 9.39. The average molecular weight is 405 g/mol. The van der Waals surface area contributed by atoms with Crippen molar-refractivity contribution in [1.82, 2.24) is 5.32 Å². The van der Waals surface area contributed by atoms with Gasteiger partial charge in [0.2, 0.25) is 11.8 Å². The van der Waals surface area contributed by atoms with E-state index in [2.05, 4.69) is 16.0 Å². The molecule has 0 bridgehead atoms. The zero-order valence-corrected chi connectivity index (χ0v) is 17.0. The lowest BCUT2D eigenvalue weighted by atomic mass is 10.1. The summed E-state index contributed by atoms with van der Waals surface area (Å²) in [6.07, 6.45) is 0. The van der Waals surface area contributed by atoms with E-state index < -0.39 is 0 Å². The summed E-state index contributed by atoms with van der Waals surface area (Å²) < 4.78 is 5.24. The summed E-state index contributed by atoms with van der Waals surface area (Å²) in [7, 11) is 1.63. The molecule has 3 aromatic carbocycles. The molecule has 0 aliphatic rings. The number of amides is 3. The molecule has 0 saturated carbocycles. The fourth-order valence-corrected chi connectivity index (χ4v) is 3.10. The van der Waals surface area contributed by atoms with Crippen LogP contribution in [0.3, 0.4) is 0 Å². The van der Waals surface area contributed by atoms with E-state index in [0.717, 1.165) is 22.1 Å². The topological polar surface area (TPSA) is 96.5 Å². The first kappa shape index (κ1) is 20.9. The van der Waals surface area contributed by atoms with Gasteiger partial charge in [0, 0.05) is 37.3 Å². The molecule has 3 amide bonds. The van der Waals surface area contributed by atoms with Crippen LogP contribution in [0.2, 0.25) is 0 Å². The van der Waals surface area contributed by atoms with Crippen LogP contribution in [0.4, 0.5) is 11.4 Å². The van der Waals surface area contributed by atoms with Gasteiger partial charge >= 0.3 is 0 Å². The van der Waals surface area contributed by atoms with E-state index in [1.54, 1.807) is 25.3 Å². The molecule has 30 heavy (non-hydrogen) atoms. The molecule has 3 rings (SSSR count). The molecule has 0 aromatic heterocycles. The lowest BCUT2D eigenvalue weighted by molar-refractivity contribution is -0.115. The van der Waals surface area contributed by atoms with Gasteiger partial charge in [-0.15, -0.1) is 0 Å². The van der Waals surface area contributed by atoms with Gasteiger partial charge in [-0.05, 0) is 52.7 Å². The van der Waals surface area contributed by atoms with Gasteiger partial charge in [0.15, 0.2) is 0 Å². The Morgan fingerprint density at radius 2 is 1.40 bits per heavy atom. The highest BCUT2D eigenvalue weighted by atomic mass is 16.5. The van der Waals surface area contributed by atoms with Crippen molar-refractivity contribution in [2.45, 2.75) is 20.4 Å². The summed E-state index contributed by atoms with van der Waals surface area (Å²) >= 11 is 0. The number of benzene rings is 3. The number of fused-ring (bicyclic) bond motifs is 1. The first-order chi connectivity index (χ1) is 14.3. The highest BCUT2D eigenvalue weighted by Crippen LogP contribution is 2.22. The van der Waals surface area contributed by atoms with E-state index in [-0.39, 0.29) is 17.7 Å². The normalized spacial score (nSPS) is 10.4. The van der Waals surface area contributed by atoms with E-state index in [9.17, 15) is 14.4 Å². The summed E-state index contributed by atoms with van der Waals surface area (Å²) in [6, 6.07) is 16.5. The maximum absolute atomic E-state index is 12.7. The van der Waals surface area contributed by atoms with E-state index >= 15 is 0 Å². The van der Waals surface area contributed by atoms with Crippen LogP contribution in [0.1, 0.15) is 29.8 Å². The Kier molecular flexibility index (Phi) is 6.32. The second-order valence-corrected chi connectivity index (χ2v) is 6.89. The molecule has 0 saturated heterocycles. The van der Waals surface area contributed by atoms with Crippen molar-refractivity contribution in [2.75, 3.05) is 17.7 Å². The highest BCUT2D eigenvalue weighted by Gasteiger charge is 2.11.